The molecule has 0 aliphatic carbocycles. The van der Waals surface area contributed by atoms with Crippen LogP contribution in [0.3, 0.4) is 0 Å². The molecular weight excluding hydrogens is 390 g/mol. The van der Waals surface area contributed by atoms with E-state index in [1.807, 2.05) is 25.1 Å². The summed E-state index contributed by atoms with van der Waals surface area (Å²) in [5, 5.41) is 3.78. The summed E-state index contributed by atoms with van der Waals surface area (Å²) < 4.78 is 0. The topological polar surface area (TPSA) is 79.4 Å². The number of aromatic nitrogens is 1. The number of para-hydroxylation sites is 1. The number of benzene rings is 3. The molecule has 5 rings (SSSR count). The molecule has 150 valence electrons. The number of imide groups is 1. The minimum atomic E-state index is -0.364. The van der Waals surface area contributed by atoms with Crippen LogP contribution in [0.2, 0.25) is 0 Å². The van der Waals surface area contributed by atoms with Crippen molar-refractivity contribution in [3.05, 3.63) is 101 Å². The molecule has 6 heteroatoms. The van der Waals surface area contributed by atoms with Gasteiger partial charge in [0.2, 0.25) is 0 Å². The number of hydrogen-bond acceptors (Lipinski definition) is 4. The highest BCUT2D eigenvalue weighted by Gasteiger charge is 2.36. The summed E-state index contributed by atoms with van der Waals surface area (Å²) in [6.07, 6.45) is 1.66. The fourth-order valence-corrected chi connectivity index (χ4v) is 3.81. The molecule has 1 aliphatic heterocycles. The summed E-state index contributed by atoms with van der Waals surface area (Å²) in [6, 6.07) is 20.7. The zero-order valence-electron chi connectivity index (χ0n) is 16.6. The molecule has 2 heterocycles. The van der Waals surface area contributed by atoms with Crippen LogP contribution in [-0.2, 0) is 0 Å². The van der Waals surface area contributed by atoms with Crippen LogP contribution >= 0.6 is 0 Å². The third-order valence-corrected chi connectivity index (χ3v) is 5.40. The highest BCUT2D eigenvalue weighted by atomic mass is 16.2. The number of pyridine rings is 1. The van der Waals surface area contributed by atoms with Gasteiger partial charge in [-0.3, -0.25) is 19.4 Å². The Kier molecular flexibility index (Phi) is 4.33. The predicted octanol–water partition coefficient (Wildman–Crippen LogP) is 4.60. The number of nitrogens with zero attached hydrogens (tertiary/aromatic N) is 2. The van der Waals surface area contributed by atoms with E-state index in [0.29, 0.717) is 28.1 Å². The van der Waals surface area contributed by atoms with E-state index in [0.717, 1.165) is 21.4 Å². The van der Waals surface area contributed by atoms with Gasteiger partial charge in [-0.1, -0.05) is 30.3 Å². The van der Waals surface area contributed by atoms with Crippen LogP contribution in [0.5, 0.6) is 0 Å². The van der Waals surface area contributed by atoms with Gasteiger partial charge in [-0.2, -0.15) is 0 Å². The van der Waals surface area contributed by atoms with E-state index in [-0.39, 0.29) is 17.7 Å². The Labute approximate surface area is 178 Å². The van der Waals surface area contributed by atoms with Crippen LogP contribution in [0.25, 0.3) is 10.9 Å². The first-order valence-corrected chi connectivity index (χ1v) is 9.78. The van der Waals surface area contributed by atoms with Crippen molar-refractivity contribution in [3.63, 3.8) is 0 Å². The van der Waals surface area contributed by atoms with Gasteiger partial charge in [-0.05, 0) is 55.0 Å². The molecule has 6 nitrogen and oxygen atoms in total. The second kappa shape index (κ2) is 7.18. The maximum Gasteiger partial charge on any atom is 0.266 e. The molecular formula is C25H17N3O3. The molecule has 4 aromatic rings. The number of fused-ring (bicyclic) bond motifs is 2. The van der Waals surface area contributed by atoms with Gasteiger partial charge in [0.05, 0.1) is 28.0 Å². The van der Waals surface area contributed by atoms with Crippen LogP contribution < -0.4 is 10.2 Å². The lowest BCUT2D eigenvalue weighted by molar-refractivity contribution is 0.0925. The van der Waals surface area contributed by atoms with Gasteiger partial charge in [0.1, 0.15) is 0 Å². The Morgan fingerprint density at radius 1 is 0.839 bits per heavy atom. The fraction of sp³-hybridized carbons (Fsp3) is 0.0400. The first-order chi connectivity index (χ1) is 15.0. The molecule has 1 aromatic heterocycles. The predicted molar refractivity (Wildman–Crippen MR) is 118 cm³/mol. The van der Waals surface area contributed by atoms with E-state index >= 15 is 0 Å². The van der Waals surface area contributed by atoms with Crippen molar-refractivity contribution >= 4 is 40.0 Å². The Bertz CT molecular complexity index is 1340. The highest BCUT2D eigenvalue weighted by molar-refractivity contribution is 6.34. The summed E-state index contributed by atoms with van der Waals surface area (Å²) in [6.45, 7) is 1.97. The fourth-order valence-electron chi connectivity index (χ4n) is 3.81. The van der Waals surface area contributed by atoms with Crippen molar-refractivity contribution in [2.45, 2.75) is 6.92 Å². The molecule has 3 aromatic carbocycles. The Balaban J connectivity index is 1.40. The number of anilines is 2. The first-order valence-electron chi connectivity index (χ1n) is 9.78. The van der Waals surface area contributed by atoms with Crippen LogP contribution in [-0.4, -0.2) is 22.7 Å². The third kappa shape index (κ3) is 3.05. The van der Waals surface area contributed by atoms with Gasteiger partial charge in [-0.15, -0.1) is 0 Å². The monoisotopic (exact) mass is 407 g/mol. The molecule has 1 N–H and O–H groups in total. The van der Waals surface area contributed by atoms with Gasteiger partial charge in [0, 0.05) is 17.1 Å². The number of carbonyl (C=O) groups is 3. The molecule has 0 radical (unpaired) electrons. The maximum atomic E-state index is 12.8. The standard InChI is InChI=1S/C25H17N3O3/c1-15-5-4-8-20-21(13-14-26-22(15)20)27-23(29)16-9-11-17(12-10-16)28-24(30)18-6-2-3-7-19(18)25(28)31/h2-14H,1H3,(H,26,27,29). The van der Waals surface area contributed by atoms with Crippen molar-refractivity contribution in [3.8, 4) is 0 Å². The molecule has 0 fully saturated rings. The van der Waals surface area contributed by atoms with Crippen LogP contribution in [0.15, 0.2) is 79.0 Å². The normalized spacial score (nSPS) is 12.9. The summed E-state index contributed by atoms with van der Waals surface area (Å²) in [5.41, 5.74) is 4.14. The zero-order valence-corrected chi connectivity index (χ0v) is 16.6. The molecule has 3 amide bonds. The number of amides is 3. The van der Waals surface area contributed by atoms with E-state index in [1.165, 1.54) is 0 Å². The van der Waals surface area contributed by atoms with Crippen molar-refractivity contribution in [1.29, 1.82) is 0 Å². The molecule has 1 aliphatic rings. The van der Waals surface area contributed by atoms with E-state index < -0.39 is 0 Å². The highest BCUT2D eigenvalue weighted by Crippen LogP contribution is 2.29. The van der Waals surface area contributed by atoms with Crippen molar-refractivity contribution in [2.75, 3.05) is 10.2 Å². The quantitative estimate of drug-likeness (QED) is 0.504. The molecule has 0 saturated carbocycles. The summed E-state index contributed by atoms with van der Waals surface area (Å²) >= 11 is 0. The smallest absolute Gasteiger partial charge is 0.266 e. The van der Waals surface area contributed by atoms with Crippen molar-refractivity contribution in [1.82, 2.24) is 4.98 Å². The molecule has 0 unspecified atom stereocenters. The largest absolute Gasteiger partial charge is 0.321 e. The third-order valence-electron chi connectivity index (χ3n) is 5.40. The average Bonchev–Trinajstić information content (AvgIpc) is 3.05. The molecule has 0 atom stereocenters. The van der Waals surface area contributed by atoms with Gasteiger partial charge < -0.3 is 5.32 Å². The SMILES string of the molecule is Cc1cccc2c(NC(=O)c3ccc(N4C(=O)c5ccccc5C4=O)cc3)ccnc12. The van der Waals surface area contributed by atoms with Gasteiger partial charge >= 0.3 is 0 Å². The Morgan fingerprint density at radius 3 is 2.19 bits per heavy atom. The summed E-state index contributed by atoms with van der Waals surface area (Å²) in [7, 11) is 0. The average molecular weight is 407 g/mol. The summed E-state index contributed by atoms with van der Waals surface area (Å²) in [4.78, 5) is 43.6. The van der Waals surface area contributed by atoms with E-state index in [9.17, 15) is 14.4 Å². The Morgan fingerprint density at radius 2 is 1.52 bits per heavy atom. The van der Waals surface area contributed by atoms with Gasteiger partial charge in [-0.25, -0.2) is 4.90 Å². The second-order valence-electron chi connectivity index (χ2n) is 7.32. The molecule has 0 spiro atoms. The number of aryl methyl sites for hydroxylation is 1. The lowest BCUT2D eigenvalue weighted by Crippen LogP contribution is -2.29. The van der Waals surface area contributed by atoms with Crippen LogP contribution in [0.1, 0.15) is 36.6 Å². The van der Waals surface area contributed by atoms with Crippen molar-refractivity contribution < 1.29 is 14.4 Å². The van der Waals surface area contributed by atoms with E-state index in [1.54, 1.807) is 60.8 Å². The Hall–Kier alpha value is -4.32. The van der Waals surface area contributed by atoms with Crippen molar-refractivity contribution in [2.24, 2.45) is 0 Å². The zero-order chi connectivity index (χ0) is 21.5. The van der Waals surface area contributed by atoms with Gasteiger partial charge in [0.15, 0.2) is 0 Å². The lowest BCUT2D eigenvalue weighted by atomic mass is 10.1. The number of rotatable bonds is 3. The molecule has 0 bridgehead atoms. The molecule has 31 heavy (non-hydrogen) atoms. The molecule has 0 saturated heterocycles. The number of nitrogens with one attached hydrogen (secondary N) is 1. The lowest BCUT2D eigenvalue weighted by Gasteiger charge is -2.14. The first kappa shape index (κ1) is 18.7. The number of hydrogen-bond donors (Lipinski definition) is 1. The van der Waals surface area contributed by atoms with Crippen LogP contribution in [0.4, 0.5) is 11.4 Å². The van der Waals surface area contributed by atoms with Gasteiger partial charge in [0.25, 0.3) is 17.7 Å². The maximum absolute atomic E-state index is 12.8. The second-order valence-corrected chi connectivity index (χ2v) is 7.32. The van der Waals surface area contributed by atoms with Crippen LogP contribution in [0, 0.1) is 6.92 Å². The van der Waals surface area contributed by atoms with E-state index in [4.69, 9.17) is 0 Å². The summed E-state index contributed by atoms with van der Waals surface area (Å²) in [5.74, 6) is -1.02. The van der Waals surface area contributed by atoms with E-state index in [2.05, 4.69) is 10.3 Å². The minimum absolute atomic E-state index is 0.289. The minimum Gasteiger partial charge on any atom is -0.321 e. The number of carbonyl (C=O) groups excluding carboxylic acids is 3.